The summed E-state index contributed by atoms with van der Waals surface area (Å²) in [4.78, 5) is 11.1. The zero-order chi connectivity index (χ0) is 11.0. The summed E-state index contributed by atoms with van der Waals surface area (Å²) in [7, 11) is 0. The van der Waals surface area contributed by atoms with Crippen LogP contribution in [0.2, 0.25) is 10.3 Å². The van der Waals surface area contributed by atoms with Crippen molar-refractivity contribution in [2.45, 2.75) is 0 Å². The molecule has 0 radical (unpaired) electrons. The summed E-state index contributed by atoms with van der Waals surface area (Å²) in [6, 6.07) is 4.91. The van der Waals surface area contributed by atoms with Gasteiger partial charge in [0.1, 0.15) is 0 Å². The molecule has 1 aromatic carbocycles. The van der Waals surface area contributed by atoms with E-state index in [9.17, 15) is 4.79 Å². The van der Waals surface area contributed by atoms with E-state index in [2.05, 4.69) is 10.2 Å². The van der Waals surface area contributed by atoms with Crippen molar-refractivity contribution >= 4 is 50.8 Å². The lowest BCUT2D eigenvalue weighted by molar-refractivity contribution is 0.108. The second-order valence-corrected chi connectivity index (χ2v) is 3.84. The number of aromatic nitrogens is 2. The monoisotopic (exact) mass is 260 g/mol. The summed E-state index contributed by atoms with van der Waals surface area (Å²) in [5, 5.41) is 7.94. The number of halogens is 3. The second-order valence-electron chi connectivity index (χ2n) is 2.78. The van der Waals surface area contributed by atoms with Gasteiger partial charge in [0.25, 0.3) is 5.24 Å². The Kier molecular flexibility index (Phi) is 2.78. The van der Waals surface area contributed by atoms with Gasteiger partial charge < -0.3 is 0 Å². The van der Waals surface area contributed by atoms with Crippen molar-refractivity contribution in [2.24, 2.45) is 0 Å². The summed E-state index contributed by atoms with van der Waals surface area (Å²) < 4.78 is 0. The number of rotatable bonds is 1. The van der Waals surface area contributed by atoms with Crippen LogP contribution in [0.3, 0.4) is 0 Å². The number of fused-ring (bicyclic) bond motifs is 1. The molecular weight excluding hydrogens is 258 g/mol. The number of hydrogen-bond acceptors (Lipinski definition) is 3. The van der Waals surface area contributed by atoms with Crippen LogP contribution in [0.4, 0.5) is 0 Å². The minimum absolute atomic E-state index is 0.110. The van der Waals surface area contributed by atoms with Crippen molar-refractivity contribution in [3.8, 4) is 0 Å². The third-order valence-electron chi connectivity index (χ3n) is 1.93. The maximum absolute atomic E-state index is 11.1. The molecule has 15 heavy (non-hydrogen) atoms. The molecule has 0 aliphatic heterocycles. The first-order chi connectivity index (χ1) is 7.11. The third-order valence-corrected chi connectivity index (χ3v) is 2.68. The maximum atomic E-state index is 11.1. The zero-order valence-corrected chi connectivity index (χ0v) is 9.44. The number of carbonyl (C=O) groups is 1. The molecule has 3 nitrogen and oxygen atoms in total. The van der Waals surface area contributed by atoms with E-state index in [0.29, 0.717) is 10.8 Å². The van der Waals surface area contributed by atoms with Gasteiger partial charge in [0.05, 0.1) is 0 Å². The molecule has 0 aliphatic rings. The molecule has 0 atom stereocenters. The SMILES string of the molecule is O=C(Cl)c1cccc2c(Cl)nnc(Cl)c12. The van der Waals surface area contributed by atoms with Gasteiger partial charge in [0, 0.05) is 16.3 Å². The van der Waals surface area contributed by atoms with Gasteiger partial charge in [0.15, 0.2) is 10.3 Å². The molecule has 1 heterocycles. The summed E-state index contributed by atoms with van der Waals surface area (Å²) >= 11 is 17.1. The molecule has 0 saturated carbocycles. The lowest BCUT2D eigenvalue weighted by Gasteiger charge is -2.03. The van der Waals surface area contributed by atoms with Gasteiger partial charge in [-0.05, 0) is 17.7 Å². The Bertz CT molecular complexity index is 556. The van der Waals surface area contributed by atoms with Gasteiger partial charge in [-0.25, -0.2) is 0 Å². The van der Waals surface area contributed by atoms with Gasteiger partial charge in [-0.2, -0.15) is 0 Å². The van der Waals surface area contributed by atoms with Gasteiger partial charge in [-0.15, -0.1) is 10.2 Å². The molecule has 1 aromatic heterocycles. The molecule has 2 rings (SSSR count). The van der Waals surface area contributed by atoms with E-state index >= 15 is 0 Å². The fourth-order valence-electron chi connectivity index (χ4n) is 1.30. The summed E-state index contributed by atoms with van der Waals surface area (Å²) in [6.45, 7) is 0. The first-order valence-corrected chi connectivity index (χ1v) is 5.05. The molecule has 0 saturated heterocycles. The van der Waals surface area contributed by atoms with Crippen molar-refractivity contribution in [1.82, 2.24) is 10.2 Å². The van der Waals surface area contributed by atoms with Crippen molar-refractivity contribution in [3.63, 3.8) is 0 Å². The standard InChI is InChI=1S/C9H3Cl3N2O/c10-7-4-2-1-3-5(9(12)15)6(4)8(11)14-13-7/h1-3H. The second kappa shape index (κ2) is 3.93. The summed E-state index contributed by atoms with van der Waals surface area (Å²) in [5.74, 6) is 0. The average Bonchev–Trinajstić information content (AvgIpc) is 2.23. The fraction of sp³-hybridized carbons (Fsp3) is 0. The van der Waals surface area contributed by atoms with E-state index in [-0.39, 0.29) is 15.9 Å². The first-order valence-electron chi connectivity index (χ1n) is 3.91. The normalized spacial score (nSPS) is 10.6. The molecule has 76 valence electrons. The highest BCUT2D eigenvalue weighted by Gasteiger charge is 2.13. The molecule has 0 amide bonds. The van der Waals surface area contributed by atoms with Crippen LogP contribution in [0.15, 0.2) is 18.2 Å². The number of benzene rings is 1. The van der Waals surface area contributed by atoms with Crippen molar-refractivity contribution < 1.29 is 4.79 Å². The smallest absolute Gasteiger partial charge is 0.253 e. The first kappa shape index (κ1) is 10.6. The maximum Gasteiger partial charge on any atom is 0.253 e. The van der Waals surface area contributed by atoms with Crippen LogP contribution in [0.5, 0.6) is 0 Å². The van der Waals surface area contributed by atoms with Gasteiger partial charge in [0.2, 0.25) is 0 Å². The Morgan fingerprint density at radius 3 is 2.47 bits per heavy atom. The lowest BCUT2D eigenvalue weighted by Crippen LogP contribution is -1.95. The van der Waals surface area contributed by atoms with Crippen LogP contribution in [-0.2, 0) is 0 Å². The van der Waals surface area contributed by atoms with Crippen molar-refractivity contribution in [1.29, 1.82) is 0 Å². The third kappa shape index (κ3) is 1.78. The zero-order valence-electron chi connectivity index (χ0n) is 7.17. The number of nitrogens with zero attached hydrogens (tertiary/aromatic N) is 2. The predicted molar refractivity (Wildman–Crippen MR) is 59.7 cm³/mol. The predicted octanol–water partition coefficient (Wildman–Crippen LogP) is 3.32. The van der Waals surface area contributed by atoms with E-state index in [4.69, 9.17) is 34.8 Å². The van der Waals surface area contributed by atoms with Crippen LogP contribution < -0.4 is 0 Å². The Balaban J connectivity index is 2.96. The molecule has 0 aliphatic carbocycles. The minimum atomic E-state index is -0.605. The summed E-state index contributed by atoms with van der Waals surface area (Å²) in [5.41, 5.74) is 0.274. The highest BCUT2D eigenvalue weighted by molar-refractivity contribution is 6.69. The Morgan fingerprint density at radius 2 is 1.80 bits per heavy atom. The van der Waals surface area contributed by atoms with Crippen LogP contribution in [0, 0.1) is 0 Å². The number of carbonyl (C=O) groups excluding carboxylic acids is 1. The molecule has 0 bridgehead atoms. The van der Waals surface area contributed by atoms with Crippen molar-refractivity contribution in [2.75, 3.05) is 0 Å². The lowest BCUT2D eigenvalue weighted by atomic mass is 10.1. The molecule has 0 fully saturated rings. The van der Waals surface area contributed by atoms with E-state index in [1.54, 1.807) is 18.2 Å². The summed E-state index contributed by atoms with van der Waals surface area (Å²) in [6.07, 6.45) is 0. The Hall–Kier alpha value is -0.900. The minimum Gasteiger partial charge on any atom is -0.276 e. The van der Waals surface area contributed by atoms with E-state index in [1.165, 1.54) is 0 Å². The molecule has 2 aromatic rings. The van der Waals surface area contributed by atoms with Gasteiger partial charge in [-0.1, -0.05) is 35.3 Å². The topological polar surface area (TPSA) is 42.9 Å². The Labute approximate surface area is 100.0 Å². The molecule has 0 spiro atoms. The molecular formula is C9H3Cl3N2O. The van der Waals surface area contributed by atoms with E-state index < -0.39 is 5.24 Å². The molecule has 0 unspecified atom stereocenters. The van der Waals surface area contributed by atoms with Crippen LogP contribution in [-0.4, -0.2) is 15.4 Å². The van der Waals surface area contributed by atoms with Gasteiger partial charge >= 0.3 is 0 Å². The van der Waals surface area contributed by atoms with Crippen molar-refractivity contribution in [3.05, 3.63) is 34.1 Å². The Morgan fingerprint density at radius 1 is 1.13 bits per heavy atom. The number of hydrogen-bond donors (Lipinski definition) is 0. The van der Waals surface area contributed by atoms with Crippen LogP contribution in [0.25, 0.3) is 10.8 Å². The largest absolute Gasteiger partial charge is 0.276 e. The molecule has 0 N–H and O–H groups in total. The van der Waals surface area contributed by atoms with Crippen LogP contribution >= 0.6 is 34.8 Å². The quantitative estimate of drug-likeness (QED) is 0.740. The fourth-order valence-corrected chi connectivity index (χ4v) is 1.90. The highest BCUT2D eigenvalue weighted by Crippen LogP contribution is 2.29. The molecule has 6 heteroatoms. The highest BCUT2D eigenvalue weighted by atomic mass is 35.5. The van der Waals surface area contributed by atoms with E-state index in [1.807, 2.05) is 0 Å². The van der Waals surface area contributed by atoms with E-state index in [0.717, 1.165) is 0 Å². The van der Waals surface area contributed by atoms with Gasteiger partial charge in [-0.3, -0.25) is 4.79 Å². The van der Waals surface area contributed by atoms with Crippen LogP contribution in [0.1, 0.15) is 10.4 Å². The average molecular weight is 261 g/mol.